The molecule has 0 saturated heterocycles. The first-order chi connectivity index (χ1) is 15.0. The van der Waals surface area contributed by atoms with Gasteiger partial charge in [0.25, 0.3) is 0 Å². The zero-order valence-electron chi connectivity index (χ0n) is 20.2. The van der Waals surface area contributed by atoms with Gasteiger partial charge in [0.1, 0.15) is 23.4 Å². The average Bonchev–Trinajstić information content (AvgIpc) is 2.69. The van der Waals surface area contributed by atoms with E-state index in [1.807, 2.05) is 6.92 Å². The summed E-state index contributed by atoms with van der Waals surface area (Å²) in [4.78, 5) is 40.1. The maximum atomic E-state index is 13.3. The Balaban J connectivity index is 3.15. The van der Waals surface area contributed by atoms with Gasteiger partial charge in [-0.25, -0.2) is 4.79 Å². The van der Waals surface area contributed by atoms with Crippen molar-refractivity contribution >= 4 is 17.9 Å². The molecule has 3 amide bonds. The highest BCUT2D eigenvalue weighted by molar-refractivity contribution is 5.92. The fourth-order valence-electron chi connectivity index (χ4n) is 3.25. The summed E-state index contributed by atoms with van der Waals surface area (Å²) in [5.41, 5.74) is -0.192. The van der Waals surface area contributed by atoms with Crippen molar-refractivity contribution in [3.63, 3.8) is 0 Å². The van der Waals surface area contributed by atoms with Crippen LogP contribution in [-0.2, 0) is 14.3 Å². The largest absolute Gasteiger partial charge is 0.508 e. The van der Waals surface area contributed by atoms with Gasteiger partial charge < -0.3 is 25.4 Å². The number of hydrogen-bond donors (Lipinski definition) is 3. The standard InChI is InChI=1S/C24H39N3O5/c1-7-9-10-14-25-21(29)20(18-12-11-13-19(28)16-18)27(15-8-2)22(30)17(3)26-23(31)32-24(4,5)6/h11-13,16-17,20,28H,7-10,14-15H2,1-6H3,(H,25,29)(H,26,31). The van der Waals surface area contributed by atoms with Crippen molar-refractivity contribution in [3.8, 4) is 5.75 Å². The Labute approximate surface area is 191 Å². The molecule has 0 spiro atoms. The molecular weight excluding hydrogens is 410 g/mol. The topological polar surface area (TPSA) is 108 Å². The van der Waals surface area contributed by atoms with E-state index in [2.05, 4.69) is 17.6 Å². The van der Waals surface area contributed by atoms with Crippen LogP contribution in [0.25, 0.3) is 0 Å². The lowest BCUT2D eigenvalue weighted by Crippen LogP contribution is -2.52. The number of benzene rings is 1. The van der Waals surface area contributed by atoms with Gasteiger partial charge in [-0.3, -0.25) is 9.59 Å². The van der Waals surface area contributed by atoms with E-state index >= 15 is 0 Å². The lowest BCUT2D eigenvalue weighted by molar-refractivity contribution is -0.142. The van der Waals surface area contributed by atoms with E-state index < -0.39 is 29.7 Å². The zero-order valence-corrected chi connectivity index (χ0v) is 20.2. The van der Waals surface area contributed by atoms with Crippen LogP contribution in [0.5, 0.6) is 5.75 Å². The number of hydrogen-bond acceptors (Lipinski definition) is 5. The monoisotopic (exact) mass is 449 g/mol. The smallest absolute Gasteiger partial charge is 0.408 e. The fraction of sp³-hybridized carbons (Fsp3) is 0.625. The molecule has 1 rings (SSSR count). The van der Waals surface area contributed by atoms with Crippen molar-refractivity contribution in [2.24, 2.45) is 0 Å². The molecule has 180 valence electrons. The summed E-state index contributed by atoms with van der Waals surface area (Å²) in [6.07, 6.45) is 2.77. The third kappa shape index (κ3) is 9.16. The predicted molar refractivity (Wildman–Crippen MR) is 124 cm³/mol. The number of aromatic hydroxyl groups is 1. The van der Waals surface area contributed by atoms with E-state index in [9.17, 15) is 19.5 Å². The van der Waals surface area contributed by atoms with E-state index in [0.29, 0.717) is 25.1 Å². The number of ether oxygens (including phenoxy) is 1. The molecule has 1 aromatic carbocycles. The third-order valence-corrected chi connectivity index (χ3v) is 4.68. The molecule has 0 heterocycles. The molecule has 0 aromatic heterocycles. The normalized spacial score (nSPS) is 13.1. The van der Waals surface area contributed by atoms with Gasteiger partial charge in [0, 0.05) is 13.1 Å². The molecule has 0 aliphatic rings. The van der Waals surface area contributed by atoms with Crippen LogP contribution < -0.4 is 10.6 Å². The predicted octanol–water partition coefficient (Wildman–Crippen LogP) is 3.89. The van der Waals surface area contributed by atoms with Crippen LogP contribution in [0.4, 0.5) is 4.79 Å². The van der Waals surface area contributed by atoms with Gasteiger partial charge in [0.05, 0.1) is 0 Å². The maximum absolute atomic E-state index is 13.3. The van der Waals surface area contributed by atoms with E-state index in [4.69, 9.17) is 4.74 Å². The van der Waals surface area contributed by atoms with Crippen molar-refractivity contribution in [3.05, 3.63) is 29.8 Å². The first kappa shape index (κ1) is 27.3. The summed E-state index contributed by atoms with van der Waals surface area (Å²) in [5, 5.41) is 15.4. The molecule has 8 heteroatoms. The van der Waals surface area contributed by atoms with Crippen LogP contribution >= 0.6 is 0 Å². The Bertz CT molecular complexity index is 760. The zero-order chi connectivity index (χ0) is 24.3. The summed E-state index contributed by atoms with van der Waals surface area (Å²) in [6.45, 7) is 11.6. The molecule has 0 fully saturated rings. The van der Waals surface area contributed by atoms with Crippen molar-refractivity contribution in [1.82, 2.24) is 15.5 Å². The number of carbonyl (C=O) groups is 3. The number of phenols is 1. The molecule has 32 heavy (non-hydrogen) atoms. The Hall–Kier alpha value is -2.77. The highest BCUT2D eigenvalue weighted by Crippen LogP contribution is 2.25. The van der Waals surface area contributed by atoms with Gasteiger partial charge >= 0.3 is 6.09 Å². The van der Waals surface area contributed by atoms with Crippen molar-refractivity contribution in [2.45, 2.75) is 84.9 Å². The molecule has 0 radical (unpaired) electrons. The van der Waals surface area contributed by atoms with Crippen molar-refractivity contribution in [2.75, 3.05) is 13.1 Å². The van der Waals surface area contributed by atoms with E-state index in [-0.39, 0.29) is 11.7 Å². The molecule has 0 aliphatic carbocycles. The maximum Gasteiger partial charge on any atom is 0.408 e. The highest BCUT2D eigenvalue weighted by Gasteiger charge is 2.34. The number of rotatable bonds is 11. The highest BCUT2D eigenvalue weighted by atomic mass is 16.6. The number of nitrogens with zero attached hydrogens (tertiary/aromatic N) is 1. The van der Waals surface area contributed by atoms with Gasteiger partial charge in [0.2, 0.25) is 11.8 Å². The van der Waals surface area contributed by atoms with Gasteiger partial charge in [-0.1, -0.05) is 38.8 Å². The summed E-state index contributed by atoms with van der Waals surface area (Å²) in [7, 11) is 0. The van der Waals surface area contributed by atoms with E-state index in [1.54, 1.807) is 39.8 Å². The first-order valence-electron chi connectivity index (χ1n) is 11.4. The molecule has 1 aromatic rings. The SMILES string of the molecule is CCCCCNC(=O)C(c1cccc(O)c1)N(CCC)C(=O)C(C)NC(=O)OC(C)(C)C. The van der Waals surface area contributed by atoms with E-state index in [1.165, 1.54) is 17.0 Å². The van der Waals surface area contributed by atoms with Gasteiger partial charge in [-0.15, -0.1) is 0 Å². The Morgan fingerprint density at radius 1 is 1.12 bits per heavy atom. The minimum Gasteiger partial charge on any atom is -0.508 e. The molecule has 0 saturated carbocycles. The van der Waals surface area contributed by atoms with Crippen LogP contribution in [0.15, 0.2) is 24.3 Å². The second kappa shape index (κ2) is 12.9. The number of nitrogens with one attached hydrogen (secondary N) is 2. The molecule has 2 unspecified atom stereocenters. The van der Waals surface area contributed by atoms with Crippen LogP contribution in [0, 0.1) is 0 Å². The van der Waals surface area contributed by atoms with Crippen molar-refractivity contribution in [1.29, 1.82) is 0 Å². The number of amides is 3. The first-order valence-corrected chi connectivity index (χ1v) is 11.4. The molecular formula is C24H39N3O5. The third-order valence-electron chi connectivity index (χ3n) is 4.68. The average molecular weight is 450 g/mol. The lowest BCUT2D eigenvalue weighted by Gasteiger charge is -2.33. The number of unbranched alkanes of at least 4 members (excludes halogenated alkanes) is 2. The Morgan fingerprint density at radius 3 is 2.38 bits per heavy atom. The summed E-state index contributed by atoms with van der Waals surface area (Å²) in [6, 6.07) is 4.51. The minimum atomic E-state index is -0.931. The summed E-state index contributed by atoms with van der Waals surface area (Å²) >= 11 is 0. The van der Waals surface area contributed by atoms with Gasteiger partial charge in [0.15, 0.2) is 0 Å². The van der Waals surface area contributed by atoms with Crippen LogP contribution in [0.1, 0.15) is 78.8 Å². The van der Waals surface area contributed by atoms with Crippen LogP contribution in [-0.4, -0.2) is 52.6 Å². The van der Waals surface area contributed by atoms with Crippen LogP contribution in [0.3, 0.4) is 0 Å². The number of carbonyl (C=O) groups excluding carboxylic acids is 3. The minimum absolute atomic E-state index is 0.00936. The molecule has 0 aliphatic heterocycles. The second-order valence-corrected chi connectivity index (χ2v) is 8.90. The summed E-state index contributed by atoms with van der Waals surface area (Å²) < 4.78 is 5.25. The summed E-state index contributed by atoms with van der Waals surface area (Å²) in [5.74, 6) is -0.720. The van der Waals surface area contributed by atoms with Gasteiger partial charge in [-0.2, -0.15) is 0 Å². The molecule has 8 nitrogen and oxygen atoms in total. The quantitative estimate of drug-likeness (QED) is 0.444. The fourth-order valence-corrected chi connectivity index (χ4v) is 3.25. The van der Waals surface area contributed by atoms with Crippen LogP contribution in [0.2, 0.25) is 0 Å². The Kier molecular flexibility index (Phi) is 11.0. The van der Waals surface area contributed by atoms with Crippen molar-refractivity contribution < 1.29 is 24.2 Å². The van der Waals surface area contributed by atoms with E-state index in [0.717, 1.165) is 19.3 Å². The van der Waals surface area contributed by atoms with Gasteiger partial charge in [-0.05, 0) is 58.2 Å². The number of phenolic OH excluding ortho intramolecular Hbond substituents is 1. The molecule has 2 atom stereocenters. The number of alkyl carbamates (subject to hydrolysis) is 1. The lowest BCUT2D eigenvalue weighted by atomic mass is 10.0. The molecule has 3 N–H and O–H groups in total. The Morgan fingerprint density at radius 2 is 1.81 bits per heavy atom. The second-order valence-electron chi connectivity index (χ2n) is 8.90. The molecule has 0 bridgehead atoms.